The van der Waals surface area contributed by atoms with E-state index in [9.17, 15) is 4.79 Å². The van der Waals surface area contributed by atoms with Gasteiger partial charge in [0.25, 0.3) is 5.91 Å². The van der Waals surface area contributed by atoms with E-state index in [1.807, 2.05) is 35.2 Å². The highest BCUT2D eigenvalue weighted by molar-refractivity contribution is 6.07. The van der Waals surface area contributed by atoms with Crippen LogP contribution in [0, 0.1) is 5.92 Å². The molecular weight excluding hydrogens is 334 g/mol. The second-order valence-electron chi connectivity index (χ2n) is 8.45. The summed E-state index contributed by atoms with van der Waals surface area (Å²) in [5.74, 6) is 1.69. The van der Waals surface area contributed by atoms with Crippen LogP contribution in [0.15, 0.2) is 30.3 Å². The first-order valence-corrected chi connectivity index (χ1v) is 10.6. The zero-order valence-electron chi connectivity index (χ0n) is 16.7. The molecule has 1 amide bonds. The molecule has 1 aromatic carbocycles. The molecule has 1 aliphatic carbocycles. The minimum absolute atomic E-state index is 0.165. The van der Waals surface area contributed by atoms with Gasteiger partial charge in [-0.2, -0.15) is 0 Å². The van der Waals surface area contributed by atoms with E-state index in [1.165, 1.54) is 38.5 Å². The third kappa shape index (κ3) is 3.80. The molecule has 1 saturated heterocycles. The van der Waals surface area contributed by atoms with E-state index < -0.39 is 0 Å². The molecule has 4 nitrogen and oxygen atoms in total. The summed E-state index contributed by atoms with van der Waals surface area (Å²) >= 11 is 0. The predicted octanol–water partition coefficient (Wildman–Crippen LogP) is 4.88. The van der Waals surface area contributed by atoms with Gasteiger partial charge in [0.05, 0.1) is 11.1 Å². The molecule has 4 heteroatoms. The number of hydrogen-bond donors (Lipinski definition) is 0. The highest BCUT2D eigenvalue weighted by Gasteiger charge is 2.26. The molecule has 1 aromatic heterocycles. The molecule has 2 aliphatic rings. The van der Waals surface area contributed by atoms with Crippen LogP contribution in [-0.2, 0) is 0 Å². The first kappa shape index (κ1) is 18.3. The van der Waals surface area contributed by atoms with Gasteiger partial charge in [0.1, 0.15) is 5.82 Å². The van der Waals surface area contributed by atoms with E-state index in [2.05, 4.69) is 18.9 Å². The zero-order valence-corrected chi connectivity index (χ0v) is 16.7. The first-order chi connectivity index (χ1) is 13.1. The predicted molar refractivity (Wildman–Crippen MR) is 111 cm³/mol. The van der Waals surface area contributed by atoms with Crippen LogP contribution in [0.3, 0.4) is 0 Å². The van der Waals surface area contributed by atoms with Gasteiger partial charge in [-0.1, -0.05) is 44.4 Å². The maximum absolute atomic E-state index is 13.4. The number of carbonyl (C=O) groups excluding carboxylic acids is 1. The van der Waals surface area contributed by atoms with Crippen LogP contribution in [0.25, 0.3) is 10.9 Å². The van der Waals surface area contributed by atoms with Crippen LogP contribution >= 0.6 is 0 Å². The number of fused-ring (bicyclic) bond motifs is 1. The Morgan fingerprint density at radius 1 is 1.11 bits per heavy atom. The number of aromatic nitrogens is 1. The van der Waals surface area contributed by atoms with E-state index in [-0.39, 0.29) is 5.91 Å². The van der Waals surface area contributed by atoms with Crippen molar-refractivity contribution in [3.05, 3.63) is 35.9 Å². The number of rotatable bonds is 3. The van der Waals surface area contributed by atoms with Crippen molar-refractivity contribution < 1.29 is 4.79 Å². The maximum atomic E-state index is 13.4. The van der Waals surface area contributed by atoms with E-state index in [1.54, 1.807) is 0 Å². The smallest absolute Gasteiger partial charge is 0.254 e. The van der Waals surface area contributed by atoms with Gasteiger partial charge >= 0.3 is 0 Å². The highest BCUT2D eigenvalue weighted by atomic mass is 16.2. The molecule has 0 bridgehead atoms. The molecule has 27 heavy (non-hydrogen) atoms. The largest absolute Gasteiger partial charge is 0.357 e. The molecule has 0 spiro atoms. The van der Waals surface area contributed by atoms with E-state index >= 15 is 0 Å². The number of amides is 1. The molecule has 0 N–H and O–H groups in total. The van der Waals surface area contributed by atoms with Crippen molar-refractivity contribution in [2.75, 3.05) is 25.0 Å². The fraction of sp³-hybridized carbons (Fsp3) is 0.565. The minimum Gasteiger partial charge on any atom is -0.357 e. The van der Waals surface area contributed by atoms with Gasteiger partial charge in [0, 0.05) is 31.6 Å². The number of nitrogens with zero attached hydrogens (tertiary/aromatic N) is 3. The summed E-state index contributed by atoms with van der Waals surface area (Å²) in [6.07, 6.45) is 8.68. The quantitative estimate of drug-likeness (QED) is 0.778. The lowest BCUT2D eigenvalue weighted by Gasteiger charge is -2.33. The number of carbonyl (C=O) groups is 1. The van der Waals surface area contributed by atoms with E-state index in [4.69, 9.17) is 4.98 Å². The van der Waals surface area contributed by atoms with Gasteiger partial charge in [-0.05, 0) is 43.7 Å². The van der Waals surface area contributed by atoms with Crippen molar-refractivity contribution >= 4 is 22.6 Å². The molecule has 1 atom stereocenters. The van der Waals surface area contributed by atoms with Gasteiger partial charge < -0.3 is 9.80 Å². The van der Waals surface area contributed by atoms with Crippen LogP contribution in [0.2, 0.25) is 0 Å². The van der Waals surface area contributed by atoms with Crippen molar-refractivity contribution in [1.29, 1.82) is 0 Å². The Kier molecular flexibility index (Phi) is 5.33. The summed E-state index contributed by atoms with van der Waals surface area (Å²) in [4.78, 5) is 22.6. The van der Waals surface area contributed by atoms with Crippen molar-refractivity contribution in [2.45, 2.75) is 57.9 Å². The Morgan fingerprint density at radius 3 is 2.67 bits per heavy atom. The van der Waals surface area contributed by atoms with Gasteiger partial charge in [0.2, 0.25) is 0 Å². The maximum Gasteiger partial charge on any atom is 0.254 e. The fourth-order valence-electron chi connectivity index (χ4n) is 4.72. The summed E-state index contributed by atoms with van der Waals surface area (Å²) in [6.45, 7) is 3.98. The number of likely N-dealkylation sites (tertiary alicyclic amines) is 1. The highest BCUT2D eigenvalue weighted by Crippen LogP contribution is 2.29. The van der Waals surface area contributed by atoms with Crippen LogP contribution < -0.4 is 4.90 Å². The minimum atomic E-state index is 0.165. The van der Waals surface area contributed by atoms with Crippen molar-refractivity contribution in [3.8, 4) is 0 Å². The zero-order chi connectivity index (χ0) is 18.8. The average molecular weight is 366 g/mol. The Balaban J connectivity index is 1.71. The number of anilines is 1. The fourth-order valence-corrected chi connectivity index (χ4v) is 4.72. The molecule has 1 saturated carbocycles. The molecule has 2 fully saturated rings. The van der Waals surface area contributed by atoms with Crippen LogP contribution in [0.1, 0.15) is 62.2 Å². The molecule has 2 aromatic rings. The van der Waals surface area contributed by atoms with E-state index in [0.717, 1.165) is 41.8 Å². The standard InChI is InChI=1S/C23H31N3O/c1-17-9-8-14-26(16-17)23(27)20-15-22(24-21-13-7-6-12-19(20)21)25(2)18-10-4-3-5-11-18/h6-7,12-13,15,17-18H,3-5,8-11,14,16H2,1-2H3. The van der Waals surface area contributed by atoms with Crippen molar-refractivity contribution in [3.63, 3.8) is 0 Å². The molecule has 144 valence electrons. The Bertz CT molecular complexity index is 812. The summed E-state index contributed by atoms with van der Waals surface area (Å²) in [6, 6.07) is 10.7. The van der Waals surface area contributed by atoms with Gasteiger partial charge in [-0.25, -0.2) is 4.98 Å². The van der Waals surface area contributed by atoms with Crippen LogP contribution in [0.5, 0.6) is 0 Å². The number of pyridine rings is 1. The van der Waals surface area contributed by atoms with E-state index in [0.29, 0.717) is 12.0 Å². The molecular formula is C23H31N3O. The number of hydrogen-bond acceptors (Lipinski definition) is 3. The molecule has 0 radical (unpaired) electrons. The molecule has 1 aliphatic heterocycles. The number of benzene rings is 1. The third-order valence-corrected chi connectivity index (χ3v) is 6.36. The average Bonchev–Trinajstić information content (AvgIpc) is 2.72. The third-order valence-electron chi connectivity index (χ3n) is 6.36. The van der Waals surface area contributed by atoms with Crippen molar-refractivity contribution in [2.24, 2.45) is 5.92 Å². The number of para-hydroxylation sites is 1. The lowest BCUT2D eigenvalue weighted by molar-refractivity contribution is 0.0685. The van der Waals surface area contributed by atoms with Crippen LogP contribution in [0.4, 0.5) is 5.82 Å². The van der Waals surface area contributed by atoms with Crippen LogP contribution in [-0.4, -0.2) is 42.0 Å². The summed E-state index contributed by atoms with van der Waals surface area (Å²) in [5.41, 5.74) is 1.73. The SMILES string of the molecule is CC1CCCN(C(=O)c2cc(N(C)C3CCCCC3)nc3ccccc23)C1. The normalized spacial score (nSPS) is 21.4. The molecule has 1 unspecified atom stereocenters. The first-order valence-electron chi connectivity index (χ1n) is 10.6. The second kappa shape index (κ2) is 7.87. The Labute approximate surface area is 162 Å². The monoisotopic (exact) mass is 365 g/mol. The summed E-state index contributed by atoms with van der Waals surface area (Å²) < 4.78 is 0. The second-order valence-corrected chi connectivity index (χ2v) is 8.45. The van der Waals surface area contributed by atoms with Gasteiger partial charge in [0.15, 0.2) is 0 Å². The summed E-state index contributed by atoms with van der Waals surface area (Å²) in [7, 11) is 2.14. The van der Waals surface area contributed by atoms with Gasteiger partial charge in [-0.15, -0.1) is 0 Å². The molecule has 4 rings (SSSR count). The topological polar surface area (TPSA) is 36.4 Å². The van der Waals surface area contributed by atoms with Crippen molar-refractivity contribution in [1.82, 2.24) is 9.88 Å². The Hall–Kier alpha value is -2.10. The summed E-state index contributed by atoms with van der Waals surface area (Å²) in [5, 5.41) is 0.974. The van der Waals surface area contributed by atoms with Gasteiger partial charge in [-0.3, -0.25) is 4.79 Å². The Morgan fingerprint density at radius 2 is 1.89 bits per heavy atom. The number of piperidine rings is 1. The lowest BCUT2D eigenvalue weighted by Crippen LogP contribution is -2.39. The lowest BCUT2D eigenvalue weighted by atomic mass is 9.94. The molecule has 2 heterocycles.